The highest BCUT2D eigenvalue weighted by atomic mass is 32.2. The third-order valence-electron chi connectivity index (χ3n) is 3.99. The number of sulfonamides is 1. The minimum Gasteiger partial charge on any atom is -0.325 e. The molecule has 0 atom stereocenters. The van der Waals surface area contributed by atoms with Gasteiger partial charge in [0.2, 0.25) is 5.91 Å². The van der Waals surface area contributed by atoms with Crippen LogP contribution in [0.4, 0.5) is 20.2 Å². The molecule has 0 fully saturated rings. The van der Waals surface area contributed by atoms with Crippen LogP contribution in [0.2, 0.25) is 0 Å². The third-order valence-corrected chi connectivity index (χ3v) is 5.34. The topological polar surface area (TPSA) is 75.3 Å². The van der Waals surface area contributed by atoms with Crippen molar-refractivity contribution in [2.75, 3.05) is 10.0 Å². The number of carbonyl (C=O) groups is 1. The van der Waals surface area contributed by atoms with Crippen LogP contribution in [0.15, 0.2) is 41.3 Å². The fourth-order valence-electron chi connectivity index (χ4n) is 2.51. The van der Waals surface area contributed by atoms with Crippen molar-refractivity contribution in [2.24, 2.45) is 0 Å². The number of nitrogens with one attached hydrogen (secondary N) is 2. The number of halogens is 2. The number of anilines is 2. The van der Waals surface area contributed by atoms with Gasteiger partial charge in [-0.15, -0.1) is 0 Å². The van der Waals surface area contributed by atoms with Crippen molar-refractivity contribution in [3.8, 4) is 0 Å². The number of hydrogen-bond acceptors (Lipinski definition) is 3. The molecule has 0 radical (unpaired) electrons. The molecule has 0 bridgehead atoms. The Labute approximate surface area is 137 Å². The van der Waals surface area contributed by atoms with E-state index >= 15 is 0 Å². The Morgan fingerprint density at radius 2 is 1.71 bits per heavy atom. The molecule has 8 heteroatoms. The summed E-state index contributed by atoms with van der Waals surface area (Å²) in [5, 5.41) is 2.66. The lowest BCUT2D eigenvalue weighted by molar-refractivity contribution is -0.119. The second kappa shape index (κ2) is 5.27. The lowest BCUT2D eigenvalue weighted by Gasteiger charge is -2.16. The van der Waals surface area contributed by atoms with E-state index in [0.717, 1.165) is 18.2 Å². The minimum absolute atomic E-state index is 0.187. The van der Waals surface area contributed by atoms with Gasteiger partial charge in [-0.2, -0.15) is 0 Å². The number of fused-ring (bicyclic) bond motifs is 1. The summed E-state index contributed by atoms with van der Waals surface area (Å²) in [6, 6.07) is 7.09. The number of carbonyl (C=O) groups excluding carboxylic acids is 1. The van der Waals surface area contributed by atoms with Crippen molar-refractivity contribution in [3.63, 3.8) is 0 Å². The standard InChI is InChI=1S/C16H14F2N2O3S/c1-16(2)10-8-9(6-7-13(10)19-15(16)21)24(22,23)20-14-11(17)4-3-5-12(14)18/h3-8,20H,1-2H3,(H,19,21). The highest BCUT2D eigenvalue weighted by Gasteiger charge is 2.39. The molecule has 5 nitrogen and oxygen atoms in total. The first-order valence-corrected chi connectivity index (χ1v) is 8.54. The molecule has 1 aliphatic rings. The van der Waals surface area contributed by atoms with E-state index in [4.69, 9.17) is 0 Å². The zero-order valence-corrected chi connectivity index (χ0v) is 13.7. The lowest BCUT2D eigenvalue weighted by atomic mass is 9.86. The van der Waals surface area contributed by atoms with Crippen LogP contribution in [0.3, 0.4) is 0 Å². The molecule has 0 saturated heterocycles. The van der Waals surface area contributed by atoms with Gasteiger partial charge in [0.1, 0.15) is 17.3 Å². The summed E-state index contributed by atoms with van der Waals surface area (Å²) >= 11 is 0. The van der Waals surface area contributed by atoms with Gasteiger partial charge in [0.15, 0.2) is 0 Å². The van der Waals surface area contributed by atoms with E-state index < -0.39 is 32.8 Å². The summed E-state index contributed by atoms with van der Waals surface area (Å²) in [6.45, 7) is 3.32. The molecule has 126 valence electrons. The molecule has 2 N–H and O–H groups in total. The van der Waals surface area contributed by atoms with Crippen LogP contribution in [0.25, 0.3) is 0 Å². The lowest BCUT2D eigenvalue weighted by Crippen LogP contribution is -2.27. The van der Waals surface area contributed by atoms with E-state index in [0.29, 0.717) is 11.3 Å². The van der Waals surface area contributed by atoms with Gasteiger partial charge in [-0.3, -0.25) is 9.52 Å². The van der Waals surface area contributed by atoms with Crippen molar-refractivity contribution in [3.05, 3.63) is 53.6 Å². The number of rotatable bonds is 3. The first kappa shape index (κ1) is 16.4. The highest BCUT2D eigenvalue weighted by Crippen LogP contribution is 2.38. The summed E-state index contributed by atoms with van der Waals surface area (Å²) in [5.74, 6) is -2.28. The third kappa shape index (κ3) is 2.52. The van der Waals surface area contributed by atoms with Crippen LogP contribution in [-0.2, 0) is 20.2 Å². The highest BCUT2D eigenvalue weighted by molar-refractivity contribution is 7.92. The summed E-state index contributed by atoms with van der Waals surface area (Å²) in [4.78, 5) is 11.7. The molecule has 2 aromatic rings. The largest absolute Gasteiger partial charge is 0.325 e. The molecule has 1 aliphatic heterocycles. The van der Waals surface area contributed by atoms with E-state index in [-0.39, 0.29) is 10.8 Å². The normalized spacial score (nSPS) is 15.8. The molecule has 2 aromatic carbocycles. The Balaban J connectivity index is 2.04. The molecular weight excluding hydrogens is 338 g/mol. The molecule has 0 aliphatic carbocycles. The second-order valence-electron chi connectivity index (χ2n) is 5.99. The van der Waals surface area contributed by atoms with E-state index in [1.54, 1.807) is 13.8 Å². The SMILES string of the molecule is CC1(C)C(=O)Nc2ccc(S(=O)(=O)Nc3c(F)cccc3F)cc21. The van der Waals surface area contributed by atoms with Crippen molar-refractivity contribution >= 4 is 27.3 Å². The van der Waals surface area contributed by atoms with E-state index in [2.05, 4.69) is 5.32 Å². The van der Waals surface area contributed by atoms with Gasteiger partial charge in [0.25, 0.3) is 10.0 Å². The second-order valence-corrected chi connectivity index (χ2v) is 7.67. The maximum absolute atomic E-state index is 13.7. The average Bonchev–Trinajstić information content (AvgIpc) is 2.73. The summed E-state index contributed by atoms with van der Waals surface area (Å²) in [5.41, 5.74) is -0.624. The Morgan fingerprint density at radius 3 is 2.33 bits per heavy atom. The summed E-state index contributed by atoms with van der Waals surface area (Å²) < 4.78 is 54.2. The van der Waals surface area contributed by atoms with E-state index in [1.165, 1.54) is 18.2 Å². The van der Waals surface area contributed by atoms with Crippen LogP contribution in [-0.4, -0.2) is 14.3 Å². The van der Waals surface area contributed by atoms with Gasteiger partial charge in [-0.1, -0.05) is 6.07 Å². The Bertz CT molecular complexity index is 936. The maximum Gasteiger partial charge on any atom is 0.262 e. The Kier molecular flexibility index (Phi) is 3.60. The molecule has 24 heavy (non-hydrogen) atoms. The molecule has 3 rings (SSSR count). The van der Waals surface area contributed by atoms with Crippen LogP contribution >= 0.6 is 0 Å². The van der Waals surface area contributed by atoms with Crippen LogP contribution in [0, 0.1) is 11.6 Å². The predicted octanol–water partition coefficient (Wildman–Crippen LogP) is 3.00. The monoisotopic (exact) mass is 352 g/mol. The van der Waals surface area contributed by atoms with Crippen molar-refractivity contribution in [2.45, 2.75) is 24.2 Å². The first-order valence-electron chi connectivity index (χ1n) is 7.06. The predicted molar refractivity (Wildman–Crippen MR) is 85.3 cm³/mol. The molecular formula is C16H14F2N2O3S. The molecule has 0 unspecified atom stereocenters. The van der Waals surface area contributed by atoms with Crippen molar-refractivity contribution < 1.29 is 22.0 Å². The number of para-hydroxylation sites is 1. The van der Waals surface area contributed by atoms with Gasteiger partial charge in [0, 0.05) is 5.69 Å². The summed E-state index contributed by atoms with van der Waals surface area (Å²) in [6.07, 6.45) is 0. The fourth-order valence-corrected chi connectivity index (χ4v) is 3.61. The quantitative estimate of drug-likeness (QED) is 0.892. The minimum atomic E-state index is -4.22. The van der Waals surface area contributed by atoms with E-state index in [1.807, 2.05) is 4.72 Å². The number of hydrogen-bond donors (Lipinski definition) is 2. The smallest absolute Gasteiger partial charge is 0.262 e. The van der Waals surface area contributed by atoms with Gasteiger partial charge in [-0.05, 0) is 49.7 Å². The Morgan fingerprint density at radius 1 is 1.08 bits per heavy atom. The van der Waals surface area contributed by atoms with Gasteiger partial charge < -0.3 is 5.32 Å². The van der Waals surface area contributed by atoms with Crippen molar-refractivity contribution in [1.29, 1.82) is 0 Å². The van der Waals surface area contributed by atoms with Crippen molar-refractivity contribution in [1.82, 2.24) is 0 Å². The molecule has 0 saturated carbocycles. The zero-order valence-electron chi connectivity index (χ0n) is 12.9. The summed E-state index contributed by atoms with van der Waals surface area (Å²) in [7, 11) is -4.22. The van der Waals surface area contributed by atoms with Gasteiger partial charge >= 0.3 is 0 Å². The van der Waals surface area contributed by atoms with Crippen LogP contribution in [0.1, 0.15) is 19.4 Å². The zero-order chi connectivity index (χ0) is 17.7. The maximum atomic E-state index is 13.7. The van der Waals surface area contributed by atoms with Gasteiger partial charge in [0.05, 0.1) is 10.3 Å². The fraction of sp³-hybridized carbons (Fsp3) is 0.188. The molecule has 0 aromatic heterocycles. The molecule has 0 spiro atoms. The first-order chi connectivity index (χ1) is 11.1. The Hall–Kier alpha value is -2.48. The molecule has 1 amide bonds. The van der Waals surface area contributed by atoms with Crippen LogP contribution < -0.4 is 10.0 Å². The van der Waals surface area contributed by atoms with E-state index in [9.17, 15) is 22.0 Å². The van der Waals surface area contributed by atoms with Crippen LogP contribution in [0.5, 0.6) is 0 Å². The van der Waals surface area contributed by atoms with Gasteiger partial charge in [-0.25, -0.2) is 17.2 Å². The average molecular weight is 352 g/mol. The number of benzene rings is 2. The number of amides is 1. The molecule has 1 heterocycles.